The summed E-state index contributed by atoms with van der Waals surface area (Å²) in [6.07, 6.45) is 1.57. The van der Waals surface area contributed by atoms with Crippen molar-refractivity contribution in [1.29, 1.82) is 0 Å². The average molecular weight is 402 g/mol. The number of benzene rings is 2. The molecule has 0 bridgehead atoms. The third-order valence-corrected chi connectivity index (χ3v) is 5.47. The average Bonchev–Trinajstić information content (AvgIpc) is 2.88. The molecule has 28 heavy (non-hydrogen) atoms. The highest BCUT2D eigenvalue weighted by Gasteiger charge is 2.52. The van der Waals surface area contributed by atoms with Crippen molar-refractivity contribution in [3.63, 3.8) is 0 Å². The Morgan fingerprint density at radius 2 is 1.96 bits per heavy atom. The fourth-order valence-electron chi connectivity index (χ4n) is 3.76. The van der Waals surface area contributed by atoms with Gasteiger partial charge in [0.25, 0.3) is 5.91 Å². The maximum Gasteiger partial charge on any atom is 0.325 e. The number of imide groups is 1. The number of hydrogen-bond donors (Lipinski definition) is 2. The van der Waals surface area contributed by atoms with Crippen molar-refractivity contribution in [2.75, 3.05) is 11.9 Å². The molecule has 2 aromatic rings. The van der Waals surface area contributed by atoms with Crippen LogP contribution in [0.2, 0.25) is 5.02 Å². The molecule has 8 heteroatoms. The van der Waals surface area contributed by atoms with Crippen LogP contribution in [0.3, 0.4) is 0 Å². The number of hydrogen-bond acceptors (Lipinski definition) is 3. The minimum absolute atomic E-state index is 0.132. The number of halogens is 2. The molecule has 2 N–H and O–H groups in total. The van der Waals surface area contributed by atoms with Crippen molar-refractivity contribution in [3.05, 3.63) is 64.4 Å². The first-order valence-corrected chi connectivity index (χ1v) is 9.21. The van der Waals surface area contributed by atoms with Crippen LogP contribution in [0, 0.1) is 5.82 Å². The van der Waals surface area contributed by atoms with Gasteiger partial charge in [0, 0.05) is 12.1 Å². The molecule has 1 heterocycles. The number of aryl methyl sites for hydroxylation is 1. The van der Waals surface area contributed by atoms with Gasteiger partial charge in [0.05, 0.1) is 5.02 Å². The molecule has 1 fully saturated rings. The summed E-state index contributed by atoms with van der Waals surface area (Å²) in [4.78, 5) is 38.6. The van der Waals surface area contributed by atoms with Crippen LogP contribution in [0.1, 0.15) is 17.5 Å². The highest BCUT2D eigenvalue weighted by molar-refractivity contribution is 6.31. The number of amides is 4. The maximum absolute atomic E-state index is 13.2. The lowest BCUT2D eigenvalue weighted by Crippen LogP contribution is -2.51. The van der Waals surface area contributed by atoms with Gasteiger partial charge in [-0.2, -0.15) is 0 Å². The zero-order chi connectivity index (χ0) is 19.9. The molecule has 1 spiro atoms. The predicted molar refractivity (Wildman–Crippen MR) is 101 cm³/mol. The Morgan fingerprint density at radius 1 is 1.21 bits per heavy atom. The lowest BCUT2D eigenvalue weighted by atomic mass is 9.78. The molecule has 1 aliphatic carbocycles. The van der Waals surface area contributed by atoms with Crippen LogP contribution < -0.4 is 10.6 Å². The van der Waals surface area contributed by atoms with Crippen molar-refractivity contribution < 1.29 is 18.8 Å². The number of anilines is 1. The molecule has 6 nitrogen and oxygen atoms in total. The van der Waals surface area contributed by atoms with Crippen LogP contribution in [0.4, 0.5) is 14.9 Å². The van der Waals surface area contributed by atoms with Crippen LogP contribution in [0.15, 0.2) is 42.5 Å². The van der Waals surface area contributed by atoms with Gasteiger partial charge in [-0.25, -0.2) is 9.18 Å². The van der Waals surface area contributed by atoms with Gasteiger partial charge in [0.2, 0.25) is 5.91 Å². The normalized spacial score (nSPS) is 20.9. The Hall–Kier alpha value is -2.93. The first kappa shape index (κ1) is 18.4. The van der Waals surface area contributed by atoms with E-state index in [0.29, 0.717) is 19.3 Å². The topological polar surface area (TPSA) is 78.5 Å². The molecule has 0 aromatic heterocycles. The van der Waals surface area contributed by atoms with Crippen molar-refractivity contribution >= 4 is 35.1 Å². The van der Waals surface area contributed by atoms with E-state index in [2.05, 4.69) is 10.6 Å². The van der Waals surface area contributed by atoms with E-state index in [0.717, 1.165) is 16.5 Å². The summed E-state index contributed by atoms with van der Waals surface area (Å²) in [5, 5.41) is 5.17. The number of nitrogens with zero attached hydrogens (tertiary/aromatic N) is 1. The minimum atomic E-state index is -1.01. The second-order valence-electron chi connectivity index (χ2n) is 7.03. The molecular weight excluding hydrogens is 385 g/mol. The largest absolute Gasteiger partial charge is 0.325 e. The highest BCUT2D eigenvalue weighted by atomic mass is 35.5. The number of urea groups is 1. The molecule has 1 saturated heterocycles. The van der Waals surface area contributed by atoms with Crippen LogP contribution in [-0.4, -0.2) is 34.8 Å². The van der Waals surface area contributed by atoms with Crippen molar-refractivity contribution in [3.8, 4) is 0 Å². The zero-order valence-corrected chi connectivity index (χ0v) is 15.6. The molecule has 2 aliphatic rings. The van der Waals surface area contributed by atoms with Gasteiger partial charge in [-0.3, -0.25) is 14.5 Å². The fraction of sp³-hybridized carbons (Fsp3) is 0.250. The van der Waals surface area contributed by atoms with Gasteiger partial charge in [0.15, 0.2) is 0 Å². The number of rotatable bonds is 3. The second-order valence-corrected chi connectivity index (χ2v) is 7.43. The number of carbonyl (C=O) groups is 3. The fourth-order valence-corrected chi connectivity index (χ4v) is 3.94. The van der Waals surface area contributed by atoms with Gasteiger partial charge in [-0.05, 0) is 42.2 Å². The quantitative estimate of drug-likeness (QED) is 0.776. The molecule has 1 aliphatic heterocycles. The van der Waals surface area contributed by atoms with E-state index >= 15 is 0 Å². The summed E-state index contributed by atoms with van der Waals surface area (Å²) >= 11 is 5.70. The molecule has 4 amide bonds. The van der Waals surface area contributed by atoms with E-state index in [1.54, 1.807) is 0 Å². The predicted octanol–water partition coefficient (Wildman–Crippen LogP) is 2.90. The molecule has 1 unspecified atom stereocenters. The Bertz CT molecular complexity index is 996. The van der Waals surface area contributed by atoms with E-state index in [9.17, 15) is 18.8 Å². The number of nitrogens with one attached hydrogen (secondary N) is 2. The summed E-state index contributed by atoms with van der Waals surface area (Å²) in [6, 6.07) is 11.0. The van der Waals surface area contributed by atoms with E-state index < -0.39 is 35.7 Å². The Morgan fingerprint density at radius 3 is 2.71 bits per heavy atom. The lowest BCUT2D eigenvalue weighted by Gasteiger charge is -2.32. The Labute approximate surface area is 165 Å². The van der Waals surface area contributed by atoms with Crippen LogP contribution in [0.5, 0.6) is 0 Å². The van der Waals surface area contributed by atoms with Gasteiger partial charge >= 0.3 is 6.03 Å². The molecule has 0 radical (unpaired) electrons. The molecule has 4 rings (SSSR count). The summed E-state index contributed by atoms with van der Waals surface area (Å²) in [7, 11) is 0. The lowest BCUT2D eigenvalue weighted by molar-refractivity contribution is -0.134. The van der Waals surface area contributed by atoms with Gasteiger partial charge in [0.1, 0.15) is 17.9 Å². The van der Waals surface area contributed by atoms with Crippen LogP contribution in [0.25, 0.3) is 0 Å². The molecule has 0 saturated carbocycles. The Balaban J connectivity index is 1.47. The third kappa shape index (κ3) is 3.22. The zero-order valence-electron chi connectivity index (χ0n) is 14.8. The van der Waals surface area contributed by atoms with E-state index in [1.807, 2.05) is 24.3 Å². The SMILES string of the molecule is O=C(CN1C(=O)NC2(CCc3ccccc3C2)C1=O)Nc1ccc(F)c(Cl)c1. The summed E-state index contributed by atoms with van der Waals surface area (Å²) < 4.78 is 13.2. The second kappa shape index (κ2) is 6.91. The smallest absolute Gasteiger partial charge is 0.324 e. The van der Waals surface area contributed by atoms with Gasteiger partial charge < -0.3 is 10.6 Å². The number of fused-ring (bicyclic) bond motifs is 1. The van der Waals surface area contributed by atoms with Crippen LogP contribution in [-0.2, 0) is 22.4 Å². The van der Waals surface area contributed by atoms with Gasteiger partial charge in [-0.15, -0.1) is 0 Å². The molecular formula is C20H17ClFN3O3. The van der Waals surface area contributed by atoms with Crippen molar-refractivity contribution in [2.24, 2.45) is 0 Å². The minimum Gasteiger partial charge on any atom is -0.324 e. The van der Waals surface area contributed by atoms with Crippen molar-refractivity contribution in [2.45, 2.75) is 24.8 Å². The van der Waals surface area contributed by atoms with E-state index in [1.165, 1.54) is 17.7 Å². The van der Waals surface area contributed by atoms with E-state index in [-0.39, 0.29) is 10.7 Å². The third-order valence-electron chi connectivity index (χ3n) is 5.18. The molecule has 144 valence electrons. The van der Waals surface area contributed by atoms with E-state index in [4.69, 9.17) is 11.6 Å². The molecule has 2 aromatic carbocycles. The first-order valence-electron chi connectivity index (χ1n) is 8.84. The van der Waals surface area contributed by atoms with Crippen LogP contribution >= 0.6 is 11.6 Å². The van der Waals surface area contributed by atoms with Gasteiger partial charge in [-0.1, -0.05) is 35.9 Å². The van der Waals surface area contributed by atoms with Crippen molar-refractivity contribution in [1.82, 2.24) is 10.2 Å². The Kier molecular flexibility index (Phi) is 4.55. The monoisotopic (exact) mass is 401 g/mol. The maximum atomic E-state index is 13.2. The summed E-state index contributed by atoms with van der Waals surface area (Å²) in [5.41, 5.74) is 1.46. The summed E-state index contributed by atoms with van der Waals surface area (Å²) in [5.74, 6) is -1.58. The molecule has 1 atom stereocenters. The highest BCUT2D eigenvalue weighted by Crippen LogP contribution is 2.33. The standard InChI is InChI=1S/C20H17ClFN3O3/c21-15-9-14(5-6-16(15)22)23-17(26)11-25-18(27)20(24-19(25)28)8-7-12-3-1-2-4-13(12)10-20/h1-6,9H,7-8,10-11H2,(H,23,26)(H,24,28). The first-order chi connectivity index (χ1) is 13.4. The number of carbonyl (C=O) groups excluding carboxylic acids is 3. The summed E-state index contributed by atoms with van der Waals surface area (Å²) in [6.45, 7) is -0.428.